The van der Waals surface area contributed by atoms with E-state index in [9.17, 15) is 0 Å². The van der Waals surface area contributed by atoms with E-state index in [4.69, 9.17) is 4.42 Å². The second-order valence-corrected chi connectivity index (χ2v) is 6.73. The van der Waals surface area contributed by atoms with Crippen LogP contribution in [0.4, 0.5) is 5.82 Å². The van der Waals surface area contributed by atoms with Gasteiger partial charge in [-0.1, -0.05) is 0 Å². The summed E-state index contributed by atoms with van der Waals surface area (Å²) in [4.78, 5) is 27.6. The smallest absolute Gasteiger partial charge is 0.247 e. The number of fused-ring (bicyclic) bond motifs is 1. The van der Waals surface area contributed by atoms with E-state index in [2.05, 4.69) is 34.8 Å². The van der Waals surface area contributed by atoms with Crippen LogP contribution in [0.5, 0.6) is 0 Å². The van der Waals surface area contributed by atoms with Gasteiger partial charge in [0, 0.05) is 37.1 Å². The van der Waals surface area contributed by atoms with Crippen LogP contribution >= 0.6 is 11.8 Å². The lowest BCUT2D eigenvalue weighted by atomic mass is 10.3. The topological polar surface area (TPSA) is 96.6 Å². The van der Waals surface area contributed by atoms with Gasteiger partial charge in [0.15, 0.2) is 5.76 Å². The fourth-order valence-electron chi connectivity index (χ4n) is 2.80. The van der Waals surface area contributed by atoms with Gasteiger partial charge in [-0.25, -0.2) is 19.9 Å². The second-order valence-electron chi connectivity index (χ2n) is 5.59. The van der Waals surface area contributed by atoms with E-state index in [0.29, 0.717) is 17.3 Å². The number of hydrogen-bond acceptors (Lipinski definition) is 8. The van der Waals surface area contributed by atoms with Crippen molar-refractivity contribution in [1.82, 2.24) is 29.9 Å². The van der Waals surface area contributed by atoms with Crippen molar-refractivity contribution in [1.29, 1.82) is 0 Å². The molecule has 0 saturated heterocycles. The third-order valence-electron chi connectivity index (χ3n) is 4.00. The normalized spacial score (nSPS) is 14.6. The van der Waals surface area contributed by atoms with Crippen LogP contribution in [0.2, 0.25) is 0 Å². The van der Waals surface area contributed by atoms with Crippen molar-refractivity contribution in [3.05, 3.63) is 55.3 Å². The minimum Gasteiger partial charge on any atom is -0.434 e. The maximum atomic E-state index is 5.90. The zero-order valence-corrected chi connectivity index (χ0v) is 14.3. The molecule has 26 heavy (non-hydrogen) atoms. The Balaban J connectivity index is 1.50. The predicted molar refractivity (Wildman–Crippen MR) is 99.2 cm³/mol. The van der Waals surface area contributed by atoms with Gasteiger partial charge in [0.25, 0.3) is 0 Å². The fourth-order valence-corrected chi connectivity index (χ4v) is 3.75. The summed E-state index contributed by atoms with van der Waals surface area (Å²) in [6.45, 7) is 0.858. The number of anilines is 1. The maximum Gasteiger partial charge on any atom is 0.247 e. The summed E-state index contributed by atoms with van der Waals surface area (Å²) >= 11 is 1.73. The van der Waals surface area contributed by atoms with Gasteiger partial charge in [-0.3, -0.25) is 4.98 Å². The third-order valence-corrected chi connectivity index (χ3v) is 5.00. The lowest BCUT2D eigenvalue weighted by Crippen LogP contribution is -2.24. The highest BCUT2D eigenvalue weighted by molar-refractivity contribution is 8.08. The highest BCUT2D eigenvalue weighted by Crippen LogP contribution is 2.35. The molecule has 0 fully saturated rings. The first-order chi connectivity index (χ1) is 12.9. The summed E-state index contributed by atoms with van der Waals surface area (Å²) in [6.07, 6.45) is 12.1. The Hall–Kier alpha value is -3.20. The molecular formula is C17H13N7OS. The molecular weight excluding hydrogens is 350 g/mol. The van der Waals surface area contributed by atoms with Gasteiger partial charge in [0.05, 0.1) is 22.7 Å². The van der Waals surface area contributed by atoms with E-state index in [1.165, 1.54) is 0 Å². The Labute approximate surface area is 152 Å². The molecule has 1 aliphatic heterocycles. The molecule has 0 aromatic carbocycles. The third kappa shape index (κ3) is 2.62. The summed E-state index contributed by atoms with van der Waals surface area (Å²) in [6, 6.07) is 1.99. The molecule has 0 bridgehead atoms. The largest absolute Gasteiger partial charge is 0.434 e. The van der Waals surface area contributed by atoms with E-state index in [-0.39, 0.29) is 0 Å². The van der Waals surface area contributed by atoms with E-state index < -0.39 is 0 Å². The number of rotatable bonds is 3. The van der Waals surface area contributed by atoms with E-state index >= 15 is 0 Å². The van der Waals surface area contributed by atoms with Crippen molar-refractivity contribution < 1.29 is 4.42 Å². The van der Waals surface area contributed by atoms with Crippen molar-refractivity contribution >= 4 is 33.5 Å². The molecule has 0 unspecified atom stereocenters. The van der Waals surface area contributed by atoms with E-state index in [0.717, 1.165) is 34.1 Å². The molecule has 128 valence electrons. The first kappa shape index (κ1) is 15.1. The quantitative estimate of drug-likeness (QED) is 0.593. The van der Waals surface area contributed by atoms with Crippen LogP contribution in [-0.2, 0) is 0 Å². The van der Waals surface area contributed by atoms with Crippen molar-refractivity contribution in [3.63, 3.8) is 0 Å². The van der Waals surface area contributed by atoms with Gasteiger partial charge >= 0.3 is 0 Å². The summed E-state index contributed by atoms with van der Waals surface area (Å²) in [7, 11) is 0. The van der Waals surface area contributed by atoms with Gasteiger partial charge in [-0.05, 0) is 6.07 Å². The number of thioether (sulfide) groups is 1. The molecule has 9 heteroatoms. The molecule has 1 N–H and O–H groups in total. The van der Waals surface area contributed by atoms with Gasteiger partial charge in [0.1, 0.15) is 23.5 Å². The molecule has 0 atom stereocenters. The maximum absolute atomic E-state index is 5.90. The van der Waals surface area contributed by atoms with Gasteiger partial charge < -0.3 is 14.3 Å². The van der Waals surface area contributed by atoms with Crippen LogP contribution in [0.1, 0.15) is 5.76 Å². The summed E-state index contributed by atoms with van der Waals surface area (Å²) in [5, 5.41) is 0.993. The van der Waals surface area contributed by atoms with Crippen LogP contribution in [0.15, 0.2) is 54.0 Å². The molecule has 4 aromatic heterocycles. The number of oxazole rings is 1. The Bertz CT molecular complexity index is 1090. The minimum absolute atomic E-state index is 0.460. The molecule has 5 heterocycles. The van der Waals surface area contributed by atoms with Crippen LogP contribution in [0.3, 0.4) is 0 Å². The van der Waals surface area contributed by atoms with Gasteiger partial charge in [-0.15, -0.1) is 11.8 Å². The molecule has 4 aromatic rings. The Morgan fingerprint density at radius 3 is 3.04 bits per heavy atom. The number of hydrogen-bond donors (Lipinski definition) is 1. The first-order valence-corrected chi connectivity index (χ1v) is 8.99. The molecule has 8 nitrogen and oxygen atoms in total. The monoisotopic (exact) mass is 363 g/mol. The van der Waals surface area contributed by atoms with Crippen molar-refractivity contribution in [2.24, 2.45) is 0 Å². The average Bonchev–Trinajstić information content (AvgIpc) is 3.38. The molecule has 5 rings (SSSR count). The van der Waals surface area contributed by atoms with Crippen LogP contribution in [-0.4, -0.2) is 42.2 Å². The highest BCUT2D eigenvalue weighted by atomic mass is 32.2. The number of aromatic amines is 1. The second kappa shape index (κ2) is 6.26. The van der Waals surface area contributed by atoms with Crippen molar-refractivity contribution in [2.75, 3.05) is 17.2 Å². The highest BCUT2D eigenvalue weighted by Gasteiger charge is 2.20. The minimum atomic E-state index is 0.460. The first-order valence-electron chi connectivity index (χ1n) is 8.00. The molecule has 1 aliphatic rings. The van der Waals surface area contributed by atoms with E-state index in [1.807, 2.05) is 18.5 Å². The lowest BCUT2D eigenvalue weighted by Gasteiger charge is -2.25. The SMILES string of the molecule is C1=C(c2cnc(-c3cnccn3)o2)SCCN1c1ncnc2[nH]ccc12. The van der Waals surface area contributed by atoms with Gasteiger partial charge in [0.2, 0.25) is 5.89 Å². The standard InChI is InChI=1S/C17H13N7OS/c1-2-20-15-11(1)16(23-10-22-15)24-5-6-26-14(9-24)13-8-21-17(25-13)12-7-18-3-4-19-12/h1-4,7-10H,5-6H2,(H,20,22,23). The fraction of sp³-hybridized carbons (Fsp3) is 0.118. The number of H-pyrrole nitrogens is 1. The molecule has 0 saturated carbocycles. The molecule has 0 spiro atoms. The van der Waals surface area contributed by atoms with Crippen LogP contribution in [0, 0.1) is 0 Å². The number of nitrogens with zero attached hydrogens (tertiary/aromatic N) is 6. The molecule has 0 radical (unpaired) electrons. The zero-order valence-electron chi connectivity index (χ0n) is 13.5. The average molecular weight is 363 g/mol. The lowest BCUT2D eigenvalue weighted by molar-refractivity contribution is 0.560. The Morgan fingerprint density at radius 1 is 1.12 bits per heavy atom. The zero-order chi connectivity index (χ0) is 17.3. The number of aromatic nitrogens is 6. The summed E-state index contributed by atoms with van der Waals surface area (Å²) in [5.41, 5.74) is 1.44. The van der Waals surface area contributed by atoms with Crippen molar-refractivity contribution in [2.45, 2.75) is 0 Å². The Kier molecular flexibility index (Phi) is 3.64. The number of nitrogens with one attached hydrogen (secondary N) is 1. The summed E-state index contributed by atoms with van der Waals surface area (Å²) in [5.74, 6) is 2.97. The predicted octanol–water partition coefficient (Wildman–Crippen LogP) is 2.95. The van der Waals surface area contributed by atoms with Gasteiger partial charge in [-0.2, -0.15) is 0 Å². The van der Waals surface area contributed by atoms with E-state index in [1.54, 1.807) is 42.9 Å². The Morgan fingerprint density at radius 2 is 2.12 bits per heavy atom. The van der Waals surface area contributed by atoms with Crippen molar-refractivity contribution in [3.8, 4) is 11.6 Å². The molecule has 0 aliphatic carbocycles. The van der Waals surface area contributed by atoms with Crippen LogP contribution < -0.4 is 4.90 Å². The summed E-state index contributed by atoms with van der Waals surface area (Å²) < 4.78 is 5.90. The molecule has 0 amide bonds. The van der Waals surface area contributed by atoms with Crippen LogP contribution in [0.25, 0.3) is 27.5 Å².